The van der Waals surface area contributed by atoms with E-state index >= 15 is 0 Å². The van der Waals surface area contributed by atoms with Crippen LogP contribution in [0.1, 0.15) is 10.4 Å². The van der Waals surface area contributed by atoms with Gasteiger partial charge < -0.3 is 15.0 Å². The monoisotopic (exact) mass is 519 g/mol. The van der Waals surface area contributed by atoms with E-state index in [0.29, 0.717) is 37.1 Å². The zero-order valence-electron chi connectivity index (χ0n) is 19.0. The molecule has 1 fully saturated rings. The summed E-state index contributed by atoms with van der Waals surface area (Å²) in [5, 5.41) is 21.9. The van der Waals surface area contributed by atoms with Crippen molar-refractivity contribution >= 4 is 61.9 Å². The summed E-state index contributed by atoms with van der Waals surface area (Å²) in [6.45, 7) is 2.10. The maximum atomic E-state index is 12.7. The van der Waals surface area contributed by atoms with Gasteiger partial charge in [0.25, 0.3) is 11.6 Å². The molecule has 182 valence electrons. The Balaban J connectivity index is 1.26. The van der Waals surface area contributed by atoms with Gasteiger partial charge in [0.1, 0.15) is 5.69 Å². The van der Waals surface area contributed by atoms with E-state index in [2.05, 4.69) is 27.8 Å². The van der Waals surface area contributed by atoms with Crippen molar-refractivity contribution in [1.29, 1.82) is 0 Å². The Hall–Kier alpha value is -3.93. The minimum absolute atomic E-state index is 0.0549. The highest BCUT2D eigenvalue weighted by Crippen LogP contribution is 2.30. The van der Waals surface area contributed by atoms with E-state index in [9.17, 15) is 14.9 Å². The highest BCUT2D eigenvalue weighted by Gasteiger charge is 2.23. The number of hydrogen-bond donors (Lipinski definition) is 2. The molecular formula is C25H21N5O4S2. The number of hydrogen-bond acceptors (Lipinski definition) is 8. The van der Waals surface area contributed by atoms with Crippen LogP contribution in [0.4, 0.5) is 16.5 Å². The molecule has 11 heteroatoms. The van der Waals surface area contributed by atoms with Crippen LogP contribution >= 0.6 is 23.6 Å². The number of morpholine rings is 1. The van der Waals surface area contributed by atoms with Crippen molar-refractivity contribution in [3.05, 3.63) is 81.7 Å². The maximum Gasteiger partial charge on any atom is 0.293 e. The lowest BCUT2D eigenvalue weighted by Crippen LogP contribution is -2.37. The Bertz CT molecular complexity index is 1470. The van der Waals surface area contributed by atoms with E-state index in [1.54, 1.807) is 12.1 Å². The standard InChI is InChI=1S/C25H21N5O4S2/c31-23(19-7-8-21(22(14-19)30(32)33)29-9-11-34-12-10-29)27-24(35)28-25-26-20(15-36-25)18-6-5-16-3-1-2-4-17(16)13-18/h1-8,13-15H,9-12H2,(H2,26,27,28,31,35). The summed E-state index contributed by atoms with van der Waals surface area (Å²) in [5.74, 6) is -0.546. The number of aromatic nitrogens is 1. The lowest BCUT2D eigenvalue weighted by molar-refractivity contribution is -0.384. The van der Waals surface area contributed by atoms with Crippen LogP contribution in [0.15, 0.2) is 66.0 Å². The number of nitro groups is 1. The Kier molecular flexibility index (Phi) is 6.85. The molecule has 1 aliphatic heterocycles. The zero-order chi connectivity index (χ0) is 25.1. The van der Waals surface area contributed by atoms with Gasteiger partial charge in [0, 0.05) is 35.7 Å². The molecule has 0 unspecified atom stereocenters. The second-order valence-corrected chi connectivity index (χ2v) is 9.33. The first-order valence-electron chi connectivity index (χ1n) is 11.2. The fourth-order valence-electron chi connectivity index (χ4n) is 4.00. The summed E-state index contributed by atoms with van der Waals surface area (Å²) in [6.07, 6.45) is 0. The third-order valence-electron chi connectivity index (χ3n) is 5.78. The van der Waals surface area contributed by atoms with Crippen LogP contribution in [0.5, 0.6) is 0 Å². The molecule has 0 spiro atoms. The predicted octanol–water partition coefficient (Wildman–Crippen LogP) is 4.83. The molecule has 0 aliphatic carbocycles. The molecule has 0 radical (unpaired) electrons. The van der Waals surface area contributed by atoms with Gasteiger partial charge in [0.05, 0.1) is 23.8 Å². The molecule has 1 saturated heterocycles. The first kappa shape index (κ1) is 23.8. The second-order valence-electron chi connectivity index (χ2n) is 8.07. The molecule has 4 aromatic rings. The van der Waals surface area contributed by atoms with Gasteiger partial charge >= 0.3 is 0 Å². The zero-order valence-corrected chi connectivity index (χ0v) is 20.6. The minimum atomic E-state index is -0.546. The van der Waals surface area contributed by atoms with E-state index in [0.717, 1.165) is 22.0 Å². The molecule has 2 heterocycles. The predicted molar refractivity (Wildman–Crippen MR) is 145 cm³/mol. The van der Waals surface area contributed by atoms with Crippen LogP contribution in [0.25, 0.3) is 22.0 Å². The summed E-state index contributed by atoms with van der Waals surface area (Å²) < 4.78 is 5.32. The van der Waals surface area contributed by atoms with Crippen molar-refractivity contribution in [3.8, 4) is 11.3 Å². The van der Waals surface area contributed by atoms with E-state index in [-0.39, 0.29) is 16.4 Å². The van der Waals surface area contributed by atoms with Crippen LogP contribution in [0, 0.1) is 10.1 Å². The molecule has 0 saturated carbocycles. The summed E-state index contributed by atoms with van der Waals surface area (Å²) in [6, 6.07) is 18.6. The van der Waals surface area contributed by atoms with Crippen molar-refractivity contribution in [3.63, 3.8) is 0 Å². The van der Waals surface area contributed by atoms with Gasteiger partial charge in [-0.05, 0) is 41.2 Å². The number of anilines is 2. The SMILES string of the molecule is O=C(NC(=S)Nc1nc(-c2ccc3ccccc3c2)cs1)c1ccc(N2CCOCC2)c([N+](=O)[O-])c1. The summed E-state index contributed by atoms with van der Waals surface area (Å²) in [7, 11) is 0. The van der Waals surface area contributed by atoms with E-state index in [1.807, 2.05) is 40.6 Å². The van der Waals surface area contributed by atoms with Crippen LogP contribution in [-0.2, 0) is 4.74 Å². The number of carbonyl (C=O) groups excluding carboxylic acids is 1. The number of carbonyl (C=O) groups is 1. The number of fused-ring (bicyclic) bond motifs is 1. The Morgan fingerprint density at radius 1 is 1.08 bits per heavy atom. The smallest absolute Gasteiger partial charge is 0.293 e. The summed E-state index contributed by atoms with van der Waals surface area (Å²) in [5.41, 5.74) is 2.23. The van der Waals surface area contributed by atoms with Gasteiger partial charge in [-0.2, -0.15) is 0 Å². The molecule has 5 rings (SSSR count). The second kappa shape index (κ2) is 10.4. The van der Waals surface area contributed by atoms with Crippen molar-refractivity contribution in [2.75, 3.05) is 36.5 Å². The molecule has 0 bridgehead atoms. The molecular weight excluding hydrogens is 498 g/mol. The van der Waals surface area contributed by atoms with Gasteiger partial charge in [-0.1, -0.05) is 36.4 Å². The number of nitrogens with one attached hydrogen (secondary N) is 2. The van der Waals surface area contributed by atoms with Gasteiger partial charge in [0.2, 0.25) is 0 Å². The quantitative estimate of drug-likeness (QED) is 0.219. The first-order valence-corrected chi connectivity index (χ1v) is 12.4. The molecule has 3 aromatic carbocycles. The lowest BCUT2D eigenvalue weighted by atomic mass is 10.1. The van der Waals surface area contributed by atoms with Crippen LogP contribution in [-0.4, -0.2) is 47.2 Å². The maximum absolute atomic E-state index is 12.7. The molecule has 1 aliphatic rings. The average molecular weight is 520 g/mol. The van der Waals surface area contributed by atoms with Crippen molar-refractivity contribution in [1.82, 2.24) is 10.3 Å². The molecule has 36 heavy (non-hydrogen) atoms. The Morgan fingerprint density at radius 3 is 2.64 bits per heavy atom. The Labute approximate surface area is 215 Å². The molecule has 1 aromatic heterocycles. The minimum Gasteiger partial charge on any atom is -0.378 e. The van der Waals surface area contributed by atoms with Gasteiger partial charge in [-0.15, -0.1) is 11.3 Å². The largest absolute Gasteiger partial charge is 0.378 e. The lowest BCUT2D eigenvalue weighted by Gasteiger charge is -2.28. The van der Waals surface area contributed by atoms with E-state index in [4.69, 9.17) is 17.0 Å². The van der Waals surface area contributed by atoms with Crippen LogP contribution in [0.2, 0.25) is 0 Å². The van der Waals surface area contributed by atoms with Gasteiger partial charge in [0.15, 0.2) is 10.2 Å². The fraction of sp³-hybridized carbons (Fsp3) is 0.160. The molecule has 1 amide bonds. The Morgan fingerprint density at radius 2 is 1.86 bits per heavy atom. The number of nitrogens with zero attached hydrogens (tertiary/aromatic N) is 3. The van der Waals surface area contributed by atoms with Crippen LogP contribution < -0.4 is 15.5 Å². The van der Waals surface area contributed by atoms with E-state index in [1.165, 1.54) is 17.4 Å². The van der Waals surface area contributed by atoms with Crippen molar-refractivity contribution in [2.45, 2.75) is 0 Å². The summed E-state index contributed by atoms with van der Waals surface area (Å²) >= 11 is 6.64. The number of nitro benzene ring substituents is 1. The molecule has 2 N–H and O–H groups in total. The normalized spacial score (nSPS) is 13.4. The number of benzene rings is 3. The number of amides is 1. The fourth-order valence-corrected chi connectivity index (χ4v) is 4.98. The number of thiocarbonyl (C=S) groups is 1. The highest BCUT2D eigenvalue weighted by molar-refractivity contribution is 7.80. The number of ether oxygens (including phenoxy) is 1. The first-order chi connectivity index (χ1) is 17.5. The van der Waals surface area contributed by atoms with Gasteiger partial charge in [-0.3, -0.25) is 20.2 Å². The van der Waals surface area contributed by atoms with Crippen LogP contribution in [0.3, 0.4) is 0 Å². The van der Waals surface area contributed by atoms with Crippen molar-refractivity contribution < 1.29 is 14.5 Å². The third-order valence-corrected chi connectivity index (χ3v) is 6.74. The van der Waals surface area contributed by atoms with Crippen molar-refractivity contribution in [2.24, 2.45) is 0 Å². The summed E-state index contributed by atoms with van der Waals surface area (Å²) in [4.78, 5) is 30.4. The topological polar surface area (TPSA) is 110 Å². The van der Waals surface area contributed by atoms with E-state index < -0.39 is 10.8 Å². The van der Waals surface area contributed by atoms with Gasteiger partial charge in [-0.25, -0.2) is 4.98 Å². The third kappa shape index (κ3) is 5.18. The number of thiazole rings is 1. The average Bonchev–Trinajstić information content (AvgIpc) is 3.36. The molecule has 0 atom stereocenters. The molecule has 9 nitrogen and oxygen atoms in total. The number of rotatable bonds is 5. The highest BCUT2D eigenvalue weighted by atomic mass is 32.1.